The van der Waals surface area contributed by atoms with Gasteiger partial charge < -0.3 is 5.32 Å². The summed E-state index contributed by atoms with van der Waals surface area (Å²) in [5, 5.41) is 5.18. The third-order valence-corrected chi connectivity index (χ3v) is 3.31. The number of nitrogens with one attached hydrogen (secondary N) is 1. The SMILES string of the molecule is FC(F)(F)c1cc(NCc2nccs2)ccc1Cl. The fourth-order valence-electron chi connectivity index (χ4n) is 1.37. The highest BCUT2D eigenvalue weighted by Crippen LogP contribution is 2.36. The molecule has 0 amide bonds. The number of anilines is 1. The highest BCUT2D eigenvalue weighted by atomic mass is 35.5. The van der Waals surface area contributed by atoms with E-state index >= 15 is 0 Å². The summed E-state index contributed by atoms with van der Waals surface area (Å²) < 4.78 is 37.9. The van der Waals surface area contributed by atoms with E-state index in [4.69, 9.17) is 11.6 Å². The predicted molar refractivity (Wildman–Crippen MR) is 65.9 cm³/mol. The molecular formula is C11H8ClF3N2S. The van der Waals surface area contributed by atoms with Gasteiger partial charge in [-0.25, -0.2) is 4.98 Å². The van der Waals surface area contributed by atoms with E-state index in [2.05, 4.69) is 10.3 Å². The Kier molecular flexibility index (Phi) is 3.77. The molecule has 0 saturated heterocycles. The second-order valence-electron chi connectivity index (χ2n) is 3.47. The lowest BCUT2D eigenvalue weighted by Crippen LogP contribution is -2.07. The van der Waals surface area contributed by atoms with Crippen molar-refractivity contribution in [3.05, 3.63) is 45.4 Å². The van der Waals surface area contributed by atoms with Crippen LogP contribution in [-0.4, -0.2) is 4.98 Å². The zero-order valence-electron chi connectivity index (χ0n) is 8.96. The Morgan fingerprint density at radius 3 is 2.72 bits per heavy atom. The van der Waals surface area contributed by atoms with E-state index in [1.807, 2.05) is 0 Å². The van der Waals surface area contributed by atoms with Crippen molar-refractivity contribution in [3.63, 3.8) is 0 Å². The van der Waals surface area contributed by atoms with E-state index in [1.165, 1.54) is 23.5 Å². The lowest BCUT2D eigenvalue weighted by Gasteiger charge is -2.11. The molecule has 0 unspecified atom stereocenters. The molecule has 0 fully saturated rings. The summed E-state index contributed by atoms with van der Waals surface area (Å²) in [6.45, 7) is 0.386. The van der Waals surface area contributed by atoms with E-state index < -0.39 is 11.7 Å². The van der Waals surface area contributed by atoms with Gasteiger partial charge in [0.1, 0.15) is 5.01 Å². The van der Waals surface area contributed by atoms with Gasteiger partial charge in [0.2, 0.25) is 0 Å². The van der Waals surface area contributed by atoms with Crippen LogP contribution in [0.2, 0.25) is 5.02 Å². The standard InChI is InChI=1S/C11H8ClF3N2S/c12-9-2-1-7(5-8(9)11(13,14)15)17-6-10-16-3-4-18-10/h1-5,17H,6H2. The van der Waals surface area contributed by atoms with Crippen molar-refractivity contribution in [2.45, 2.75) is 12.7 Å². The minimum Gasteiger partial charge on any atom is -0.379 e. The van der Waals surface area contributed by atoms with Gasteiger partial charge >= 0.3 is 6.18 Å². The van der Waals surface area contributed by atoms with Crippen molar-refractivity contribution < 1.29 is 13.2 Å². The van der Waals surface area contributed by atoms with Gasteiger partial charge in [-0.3, -0.25) is 0 Å². The molecule has 96 valence electrons. The van der Waals surface area contributed by atoms with Gasteiger partial charge in [-0.05, 0) is 18.2 Å². The summed E-state index contributed by atoms with van der Waals surface area (Å²) >= 11 is 6.96. The number of aromatic nitrogens is 1. The van der Waals surface area contributed by atoms with Crippen LogP contribution in [0.1, 0.15) is 10.6 Å². The highest BCUT2D eigenvalue weighted by molar-refractivity contribution is 7.09. The third kappa shape index (κ3) is 3.14. The molecule has 0 aliphatic rings. The topological polar surface area (TPSA) is 24.9 Å². The van der Waals surface area contributed by atoms with Gasteiger partial charge in [-0.15, -0.1) is 11.3 Å². The molecule has 1 aromatic heterocycles. The average Bonchev–Trinajstić information content (AvgIpc) is 2.79. The lowest BCUT2D eigenvalue weighted by molar-refractivity contribution is -0.137. The smallest absolute Gasteiger partial charge is 0.379 e. The maximum absolute atomic E-state index is 12.6. The van der Waals surface area contributed by atoms with Crippen molar-refractivity contribution in [2.75, 3.05) is 5.32 Å². The van der Waals surface area contributed by atoms with Crippen LogP contribution in [0.15, 0.2) is 29.8 Å². The lowest BCUT2D eigenvalue weighted by atomic mass is 10.2. The van der Waals surface area contributed by atoms with Crippen molar-refractivity contribution in [1.29, 1.82) is 0 Å². The Hall–Kier alpha value is -1.27. The fraction of sp³-hybridized carbons (Fsp3) is 0.182. The number of hydrogen-bond acceptors (Lipinski definition) is 3. The van der Waals surface area contributed by atoms with Crippen LogP contribution in [0.4, 0.5) is 18.9 Å². The molecule has 2 nitrogen and oxygen atoms in total. The summed E-state index contributed by atoms with van der Waals surface area (Å²) in [5.74, 6) is 0. The van der Waals surface area contributed by atoms with Crippen LogP contribution in [-0.2, 0) is 12.7 Å². The summed E-state index contributed by atoms with van der Waals surface area (Å²) in [6, 6.07) is 3.73. The first-order valence-corrected chi connectivity index (χ1v) is 6.21. The molecule has 1 N–H and O–H groups in total. The zero-order valence-corrected chi connectivity index (χ0v) is 10.5. The third-order valence-electron chi connectivity index (χ3n) is 2.20. The van der Waals surface area contributed by atoms with Crippen LogP contribution < -0.4 is 5.32 Å². The second kappa shape index (κ2) is 5.16. The van der Waals surface area contributed by atoms with E-state index in [0.29, 0.717) is 12.2 Å². The molecule has 1 heterocycles. The minimum atomic E-state index is -4.45. The Bertz CT molecular complexity index is 526. The first-order chi connectivity index (χ1) is 8.47. The van der Waals surface area contributed by atoms with Gasteiger partial charge in [0.25, 0.3) is 0 Å². The van der Waals surface area contributed by atoms with Crippen LogP contribution >= 0.6 is 22.9 Å². The molecule has 0 bridgehead atoms. The first-order valence-electron chi connectivity index (χ1n) is 4.96. The van der Waals surface area contributed by atoms with E-state index in [0.717, 1.165) is 11.1 Å². The normalized spacial score (nSPS) is 11.6. The number of benzene rings is 1. The summed E-state index contributed by atoms with van der Waals surface area (Å²) in [5.41, 5.74) is -0.477. The number of hydrogen-bond donors (Lipinski definition) is 1. The molecule has 18 heavy (non-hydrogen) atoms. The highest BCUT2D eigenvalue weighted by Gasteiger charge is 2.33. The molecule has 1 aromatic carbocycles. The van der Waals surface area contributed by atoms with Crippen molar-refractivity contribution in [1.82, 2.24) is 4.98 Å². The van der Waals surface area contributed by atoms with Crippen molar-refractivity contribution in [2.24, 2.45) is 0 Å². The number of halogens is 4. The van der Waals surface area contributed by atoms with Gasteiger partial charge in [0.05, 0.1) is 17.1 Å². The average molecular weight is 293 g/mol. The Labute approximate surface area is 110 Å². The maximum Gasteiger partial charge on any atom is 0.417 e. The molecule has 0 saturated carbocycles. The Morgan fingerprint density at radius 2 is 2.11 bits per heavy atom. The molecule has 0 aliphatic carbocycles. The van der Waals surface area contributed by atoms with E-state index in [-0.39, 0.29) is 5.02 Å². The summed E-state index contributed by atoms with van der Waals surface area (Å²) in [7, 11) is 0. The first kappa shape index (κ1) is 13.2. The fourth-order valence-corrected chi connectivity index (χ4v) is 2.15. The van der Waals surface area contributed by atoms with Crippen LogP contribution in [0.3, 0.4) is 0 Å². The summed E-state index contributed by atoms with van der Waals surface area (Å²) in [4.78, 5) is 4.03. The molecule has 2 aromatic rings. The van der Waals surface area contributed by atoms with Crippen molar-refractivity contribution >= 4 is 28.6 Å². The summed E-state index contributed by atoms with van der Waals surface area (Å²) in [6.07, 6.45) is -2.80. The Morgan fingerprint density at radius 1 is 1.33 bits per heavy atom. The molecule has 0 radical (unpaired) electrons. The Balaban J connectivity index is 2.15. The second-order valence-corrected chi connectivity index (χ2v) is 4.86. The zero-order chi connectivity index (χ0) is 13.2. The number of alkyl halides is 3. The molecule has 0 spiro atoms. The number of nitrogens with zero attached hydrogens (tertiary/aromatic N) is 1. The van der Waals surface area contributed by atoms with Gasteiger partial charge in [0, 0.05) is 17.3 Å². The van der Waals surface area contributed by atoms with Crippen LogP contribution in [0.5, 0.6) is 0 Å². The monoisotopic (exact) mass is 292 g/mol. The minimum absolute atomic E-state index is 0.303. The van der Waals surface area contributed by atoms with Crippen LogP contribution in [0.25, 0.3) is 0 Å². The quantitative estimate of drug-likeness (QED) is 0.905. The number of thiazole rings is 1. The molecular weight excluding hydrogens is 285 g/mol. The van der Waals surface area contributed by atoms with Crippen LogP contribution in [0, 0.1) is 0 Å². The van der Waals surface area contributed by atoms with Gasteiger partial charge in [0.15, 0.2) is 0 Å². The van der Waals surface area contributed by atoms with E-state index in [1.54, 1.807) is 11.6 Å². The predicted octanol–water partition coefficient (Wildman–Crippen LogP) is 4.43. The maximum atomic E-state index is 12.6. The van der Waals surface area contributed by atoms with Crippen molar-refractivity contribution in [3.8, 4) is 0 Å². The largest absolute Gasteiger partial charge is 0.417 e. The molecule has 0 aliphatic heterocycles. The number of rotatable bonds is 3. The van der Waals surface area contributed by atoms with E-state index in [9.17, 15) is 13.2 Å². The van der Waals surface area contributed by atoms with Gasteiger partial charge in [-0.2, -0.15) is 13.2 Å². The molecule has 7 heteroatoms. The van der Waals surface area contributed by atoms with Gasteiger partial charge in [-0.1, -0.05) is 11.6 Å². The molecule has 0 atom stereocenters. The molecule has 2 rings (SSSR count).